The lowest BCUT2D eigenvalue weighted by atomic mass is 10.0. The number of aromatic nitrogens is 2. The number of rotatable bonds is 4. The van der Waals surface area contributed by atoms with Crippen molar-refractivity contribution in [3.05, 3.63) is 82.4 Å². The molecule has 0 amide bonds. The summed E-state index contributed by atoms with van der Waals surface area (Å²) in [6.45, 7) is 0. The Hall–Kier alpha value is -4.11. The summed E-state index contributed by atoms with van der Waals surface area (Å²) in [6, 6.07) is 16.8. The van der Waals surface area contributed by atoms with Gasteiger partial charge in [0.15, 0.2) is 0 Å². The first-order chi connectivity index (χ1) is 13.7. The van der Waals surface area contributed by atoms with Gasteiger partial charge in [-0.05, 0) is 47.0 Å². The van der Waals surface area contributed by atoms with Crippen molar-refractivity contribution in [1.82, 2.24) is 9.97 Å². The summed E-state index contributed by atoms with van der Waals surface area (Å²) >= 11 is 0. The molecule has 3 N–H and O–H groups in total. The summed E-state index contributed by atoms with van der Waals surface area (Å²) in [6.07, 6.45) is 5.57. The van der Waals surface area contributed by atoms with Gasteiger partial charge in [0.05, 0.1) is 23.7 Å². The van der Waals surface area contributed by atoms with E-state index in [0.717, 1.165) is 16.7 Å². The lowest BCUT2D eigenvalue weighted by molar-refractivity contribution is 0.452. The Labute approximate surface area is 160 Å². The molecule has 0 fully saturated rings. The largest absolute Gasteiger partial charge is 0.494 e. The lowest BCUT2D eigenvalue weighted by Crippen LogP contribution is -2.08. The van der Waals surface area contributed by atoms with Crippen LogP contribution in [0.4, 0.5) is 5.69 Å². The second kappa shape index (κ2) is 7.25. The molecule has 0 aliphatic carbocycles. The SMILES string of the molecule is N#CCc1ccc(N=Cc2c(O)[nH]c(=O)c3ccc(-c4cc[nH]c4)cc23)cc1. The molecular weight excluding hydrogens is 352 g/mol. The van der Waals surface area contributed by atoms with Gasteiger partial charge in [0.2, 0.25) is 5.88 Å². The van der Waals surface area contributed by atoms with Gasteiger partial charge in [0.25, 0.3) is 5.56 Å². The number of nitrogens with zero attached hydrogens (tertiary/aromatic N) is 2. The van der Waals surface area contributed by atoms with Crippen LogP contribution >= 0.6 is 0 Å². The van der Waals surface area contributed by atoms with Crippen LogP contribution in [0.15, 0.2) is 70.7 Å². The molecule has 4 rings (SSSR count). The number of pyridine rings is 1. The Morgan fingerprint density at radius 3 is 2.61 bits per heavy atom. The molecule has 2 aromatic heterocycles. The molecule has 2 aromatic carbocycles. The molecule has 0 saturated heterocycles. The smallest absolute Gasteiger partial charge is 0.258 e. The molecule has 0 spiro atoms. The van der Waals surface area contributed by atoms with Crippen molar-refractivity contribution < 1.29 is 5.11 Å². The first kappa shape index (κ1) is 17.3. The highest BCUT2D eigenvalue weighted by molar-refractivity contribution is 6.03. The third kappa shape index (κ3) is 3.29. The summed E-state index contributed by atoms with van der Waals surface area (Å²) in [5.74, 6) is -0.228. The maximum Gasteiger partial charge on any atom is 0.258 e. The fourth-order valence-electron chi connectivity index (χ4n) is 3.08. The van der Waals surface area contributed by atoms with E-state index in [1.165, 1.54) is 6.21 Å². The summed E-state index contributed by atoms with van der Waals surface area (Å²) < 4.78 is 0. The Morgan fingerprint density at radius 1 is 1.07 bits per heavy atom. The fourth-order valence-corrected chi connectivity index (χ4v) is 3.08. The number of nitriles is 1. The van der Waals surface area contributed by atoms with Crippen molar-refractivity contribution in [2.75, 3.05) is 0 Å². The van der Waals surface area contributed by atoms with Crippen LogP contribution in [0.2, 0.25) is 0 Å². The lowest BCUT2D eigenvalue weighted by Gasteiger charge is -2.07. The van der Waals surface area contributed by atoms with Gasteiger partial charge in [-0.2, -0.15) is 5.26 Å². The first-order valence-corrected chi connectivity index (χ1v) is 8.68. The van der Waals surface area contributed by atoms with Crippen LogP contribution in [0.5, 0.6) is 5.88 Å². The Balaban J connectivity index is 1.80. The zero-order valence-electron chi connectivity index (χ0n) is 14.8. The predicted molar refractivity (Wildman–Crippen MR) is 109 cm³/mol. The van der Waals surface area contributed by atoms with E-state index in [4.69, 9.17) is 5.26 Å². The molecule has 0 unspecified atom stereocenters. The van der Waals surface area contributed by atoms with Gasteiger partial charge >= 0.3 is 0 Å². The van der Waals surface area contributed by atoms with Gasteiger partial charge in [-0.15, -0.1) is 0 Å². The van der Waals surface area contributed by atoms with E-state index in [2.05, 4.69) is 21.0 Å². The summed E-state index contributed by atoms with van der Waals surface area (Å²) in [5.41, 5.74) is 3.59. The van der Waals surface area contributed by atoms with Crippen LogP contribution in [0.1, 0.15) is 11.1 Å². The molecule has 0 aliphatic heterocycles. The van der Waals surface area contributed by atoms with E-state index in [0.29, 0.717) is 28.4 Å². The minimum atomic E-state index is -0.355. The number of aromatic amines is 2. The van der Waals surface area contributed by atoms with Crippen molar-refractivity contribution in [3.8, 4) is 23.1 Å². The monoisotopic (exact) mass is 368 g/mol. The second-order valence-corrected chi connectivity index (χ2v) is 6.34. The maximum atomic E-state index is 12.2. The number of H-pyrrole nitrogens is 2. The van der Waals surface area contributed by atoms with Gasteiger partial charge in [-0.3, -0.25) is 14.8 Å². The fraction of sp³-hybridized carbons (Fsp3) is 0.0455. The molecule has 0 aliphatic rings. The third-order valence-electron chi connectivity index (χ3n) is 4.53. The first-order valence-electron chi connectivity index (χ1n) is 8.68. The zero-order valence-corrected chi connectivity index (χ0v) is 14.8. The highest BCUT2D eigenvalue weighted by Crippen LogP contribution is 2.27. The molecule has 6 heteroatoms. The molecule has 4 aromatic rings. The highest BCUT2D eigenvalue weighted by atomic mass is 16.3. The zero-order chi connectivity index (χ0) is 19.5. The van der Waals surface area contributed by atoms with E-state index >= 15 is 0 Å². The van der Waals surface area contributed by atoms with Crippen LogP contribution in [-0.2, 0) is 6.42 Å². The van der Waals surface area contributed by atoms with Crippen molar-refractivity contribution in [2.24, 2.45) is 4.99 Å². The van der Waals surface area contributed by atoms with Crippen LogP contribution in [0, 0.1) is 11.3 Å². The van der Waals surface area contributed by atoms with E-state index in [9.17, 15) is 9.90 Å². The topological polar surface area (TPSA) is 105 Å². The number of hydrogen-bond acceptors (Lipinski definition) is 4. The molecule has 0 saturated carbocycles. The van der Waals surface area contributed by atoms with E-state index in [-0.39, 0.29) is 11.4 Å². The number of benzene rings is 2. The Kier molecular flexibility index (Phi) is 4.48. The minimum Gasteiger partial charge on any atom is -0.494 e. The van der Waals surface area contributed by atoms with Gasteiger partial charge in [0, 0.05) is 29.4 Å². The minimum absolute atomic E-state index is 0.228. The summed E-state index contributed by atoms with van der Waals surface area (Å²) in [7, 11) is 0. The van der Waals surface area contributed by atoms with Crippen molar-refractivity contribution in [1.29, 1.82) is 5.26 Å². The standard InChI is InChI=1S/C22H16N4O2/c23-9-7-14-1-4-17(5-2-14)25-13-20-19-11-15(16-8-10-24-12-16)3-6-18(19)21(27)26-22(20)28/h1-6,8,10-13,24H,7H2,(H2,26,27,28). The highest BCUT2D eigenvalue weighted by Gasteiger charge is 2.11. The van der Waals surface area contributed by atoms with Gasteiger partial charge in [-0.25, -0.2) is 0 Å². The van der Waals surface area contributed by atoms with Crippen LogP contribution in [0.25, 0.3) is 21.9 Å². The van der Waals surface area contributed by atoms with Crippen LogP contribution in [0.3, 0.4) is 0 Å². The maximum absolute atomic E-state index is 12.2. The Bertz CT molecular complexity index is 1260. The predicted octanol–water partition coefficient (Wildman–Crippen LogP) is 4.05. The normalized spacial score (nSPS) is 11.1. The quantitative estimate of drug-likeness (QED) is 0.473. The van der Waals surface area contributed by atoms with Crippen molar-refractivity contribution in [2.45, 2.75) is 6.42 Å². The number of aliphatic imine (C=N–C) groups is 1. The number of hydrogen-bond donors (Lipinski definition) is 3. The molecule has 6 nitrogen and oxygen atoms in total. The molecule has 136 valence electrons. The number of fused-ring (bicyclic) bond motifs is 1. The summed E-state index contributed by atoms with van der Waals surface area (Å²) in [5, 5.41) is 20.2. The van der Waals surface area contributed by atoms with E-state index in [1.54, 1.807) is 18.2 Å². The molecule has 0 radical (unpaired) electrons. The van der Waals surface area contributed by atoms with Crippen molar-refractivity contribution in [3.63, 3.8) is 0 Å². The molecule has 0 atom stereocenters. The molecule has 2 heterocycles. The van der Waals surface area contributed by atoms with Gasteiger partial charge in [-0.1, -0.05) is 18.2 Å². The molecular formula is C22H16N4O2. The average Bonchev–Trinajstić information content (AvgIpc) is 3.24. The molecule has 28 heavy (non-hydrogen) atoms. The Morgan fingerprint density at radius 2 is 1.89 bits per heavy atom. The summed E-state index contributed by atoms with van der Waals surface area (Å²) in [4.78, 5) is 22.1. The number of nitrogens with one attached hydrogen (secondary N) is 2. The van der Waals surface area contributed by atoms with Crippen molar-refractivity contribution >= 4 is 22.7 Å². The van der Waals surface area contributed by atoms with E-state index < -0.39 is 0 Å². The van der Waals surface area contributed by atoms with E-state index in [1.807, 2.05) is 42.7 Å². The van der Waals surface area contributed by atoms with Crippen LogP contribution in [-0.4, -0.2) is 21.3 Å². The number of aromatic hydroxyl groups is 1. The van der Waals surface area contributed by atoms with Gasteiger partial charge < -0.3 is 10.1 Å². The third-order valence-corrected chi connectivity index (χ3v) is 4.53. The molecule has 0 bridgehead atoms. The average molecular weight is 368 g/mol. The van der Waals surface area contributed by atoms with Crippen LogP contribution < -0.4 is 5.56 Å². The second-order valence-electron chi connectivity index (χ2n) is 6.34. The van der Waals surface area contributed by atoms with Gasteiger partial charge in [0.1, 0.15) is 0 Å².